The minimum Gasteiger partial charge on any atom is -0.474 e. The third kappa shape index (κ3) is 19.4. The molecule has 4 aliphatic heterocycles. The quantitative estimate of drug-likeness (QED) is 0.0157. The average Bonchev–Trinajstić information content (AvgIpc) is 1.57. The van der Waals surface area contributed by atoms with Crippen molar-refractivity contribution in [3.63, 3.8) is 0 Å². The van der Waals surface area contributed by atoms with E-state index >= 15 is 0 Å². The number of alkyl carbamates (subject to hydrolysis) is 1. The Labute approximate surface area is 666 Å². The number of amides is 8. The van der Waals surface area contributed by atoms with Crippen molar-refractivity contribution in [3.05, 3.63) is 173 Å². The molecule has 7 atom stereocenters. The van der Waals surface area contributed by atoms with Gasteiger partial charge in [0.25, 0.3) is 5.88 Å². The normalized spacial score (nSPS) is 18.0. The number of aliphatic hydroxyl groups excluding tert-OH is 1. The number of piperidine rings is 1. The first-order valence-electron chi connectivity index (χ1n) is 39.1. The number of para-hydroxylation sites is 1. The van der Waals surface area contributed by atoms with Crippen molar-refractivity contribution in [1.82, 2.24) is 56.3 Å². The zero-order valence-electron chi connectivity index (χ0n) is 65.3. The number of ether oxygens (including phenoxy) is 5. The van der Waals surface area contributed by atoms with E-state index in [1.807, 2.05) is 136 Å². The number of carbonyl (C=O) groups is 7. The minimum absolute atomic E-state index is 0.0159. The van der Waals surface area contributed by atoms with Gasteiger partial charge < -0.3 is 75.4 Å². The highest BCUT2D eigenvalue weighted by Gasteiger charge is 2.45. The monoisotopic (exact) mass is 1580 g/mol. The van der Waals surface area contributed by atoms with Crippen LogP contribution in [0, 0.1) is 24.7 Å². The number of β-amino-alcohol motifs (C(OH)–C–C–N with tert-alkyl or cyclic N) is 1. The van der Waals surface area contributed by atoms with E-state index in [1.54, 1.807) is 67.5 Å². The molecule has 0 unspecified atom stereocenters. The van der Waals surface area contributed by atoms with Crippen LogP contribution in [0.3, 0.4) is 0 Å². The van der Waals surface area contributed by atoms with Gasteiger partial charge in [-0.15, -0.1) is 21.5 Å². The number of rotatable bonds is 31. The molecule has 8 amide bonds. The van der Waals surface area contributed by atoms with E-state index in [-0.39, 0.29) is 101 Å². The van der Waals surface area contributed by atoms with Gasteiger partial charge in [-0.1, -0.05) is 125 Å². The molecule has 7 heterocycles. The van der Waals surface area contributed by atoms with Gasteiger partial charge in [0.1, 0.15) is 49.6 Å². The number of aryl methyl sites for hydroxylation is 1. The maximum absolute atomic E-state index is 14.6. The van der Waals surface area contributed by atoms with E-state index in [9.17, 15) is 38.7 Å². The van der Waals surface area contributed by atoms with E-state index in [0.717, 1.165) is 88.7 Å². The van der Waals surface area contributed by atoms with Crippen molar-refractivity contribution < 1.29 is 66.9 Å². The second-order valence-corrected chi connectivity index (χ2v) is 31.4. The molecule has 5 aliphatic rings. The summed E-state index contributed by atoms with van der Waals surface area (Å²) in [4.78, 5) is 112. The summed E-state index contributed by atoms with van der Waals surface area (Å²) in [7, 11) is 1.55. The molecule has 29 nitrogen and oxygen atoms in total. The fourth-order valence-electron chi connectivity index (χ4n) is 16.0. The standard InChI is InChI=1S/C84H101N15O14S/c1-50(2)74(81(104)98-45-60(100)39-70(98)79(102)88-52(5)56-24-26-57(27-25-56)76-53(6)87-48-114-76)72-41-73(94-113-72)109-38-37-95-33-30-54(31-34-95)42-96-35-36-97-59(43-96)44-99(77-69(97)40-68(92-93-77)65-19-12-13-21-71(65)112-49-108-7)84(107)111-46-55-22-28-58(29-23-55)89-78(101)67(20-14-32-86-82(85)105)90-80(103)75(51(3)4)91-83(106)110-47-66-63-17-10-8-15-61(63)62-16-9-11-18-64(62)66/h8-13,15-19,21-29,40-41,48,50-52,54,59-60,66-67,70,74-75,100H,14,20,30-39,42-47,49H2,1-7H3,(H,88,102)(H,89,101)(H,90,103)(H,91,106)(H3,85,86,105)/t52-,59+,60+,67-,70-,74+,75-/m0/s1. The van der Waals surface area contributed by atoms with Gasteiger partial charge in [-0.3, -0.25) is 33.9 Å². The summed E-state index contributed by atoms with van der Waals surface area (Å²) in [5.74, 6) is -1.49. The lowest BCUT2D eigenvalue weighted by atomic mass is 9.91. The number of hydrogen-bond donors (Lipinski definition) is 7. The van der Waals surface area contributed by atoms with Crippen molar-refractivity contribution in [3.8, 4) is 44.5 Å². The molecule has 0 radical (unpaired) electrons. The molecule has 0 spiro atoms. The molecule has 1 aliphatic carbocycles. The van der Waals surface area contributed by atoms with Gasteiger partial charge in [0.2, 0.25) is 23.6 Å². The molecule has 13 rings (SSSR count). The van der Waals surface area contributed by atoms with Crippen molar-refractivity contribution >= 4 is 70.4 Å². The highest BCUT2D eigenvalue weighted by molar-refractivity contribution is 7.13. The number of methoxy groups -OCH3 is 1. The smallest absolute Gasteiger partial charge is 0.415 e. The summed E-state index contributed by atoms with van der Waals surface area (Å²) in [6, 6.07) is 37.6. The van der Waals surface area contributed by atoms with Crippen molar-refractivity contribution in [2.75, 3.05) is 108 Å². The van der Waals surface area contributed by atoms with Crippen molar-refractivity contribution in [2.24, 2.45) is 23.5 Å². The SMILES string of the molecule is COCOc1ccccc1-c1cc2c(nn1)N(C(=O)OCc1ccc(NC(=O)[C@H](CCCNC(N)=O)NC(=O)[C@@H](NC(=O)OCC3c4ccccc4-c4ccccc43)C(C)C)cc1)C[C@H]1CN(CC3CCN(CCOc4cc([C@H](C(=O)N5C[C@H](O)C[C@H]5C(=O)N[C@@H](C)c5ccc(-c6scnc6C)cc5)C(C)C)on4)CC3)CCN21. The van der Waals surface area contributed by atoms with Crippen LogP contribution in [0.1, 0.15) is 118 Å². The molecule has 602 valence electrons. The van der Waals surface area contributed by atoms with E-state index < -0.39 is 66.1 Å². The van der Waals surface area contributed by atoms with Crippen LogP contribution in [0.15, 0.2) is 143 Å². The van der Waals surface area contributed by atoms with E-state index in [1.165, 1.54) is 4.90 Å². The van der Waals surface area contributed by atoms with Crippen LogP contribution >= 0.6 is 11.3 Å². The number of nitrogens with one attached hydrogen (secondary N) is 5. The number of likely N-dealkylation sites (tertiary alicyclic amines) is 2. The number of fused-ring (bicyclic) bond motifs is 6. The predicted molar refractivity (Wildman–Crippen MR) is 429 cm³/mol. The lowest BCUT2D eigenvalue weighted by Crippen LogP contribution is -2.61. The molecule has 8 N–H and O–H groups in total. The number of nitrogens with two attached hydrogens (primary N) is 1. The molecule has 3 saturated heterocycles. The molecular formula is C84H101N15O14S. The molecule has 5 aromatic carbocycles. The van der Waals surface area contributed by atoms with Gasteiger partial charge in [0, 0.05) is 82.6 Å². The van der Waals surface area contributed by atoms with Crippen LogP contribution in [-0.4, -0.2) is 205 Å². The van der Waals surface area contributed by atoms with Gasteiger partial charge in [0.05, 0.1) is 52.2 Å². The average molecular weight is 1580 g/mol. The van der Waals surface area contributed by atoms with Crippen LogP contribution < -0.4 is 51.6 Å². The van der Waals surface area contributed by atoms with E-state index in [2.05, 4.69) is 56.5 Å². The summed E-state index contributed by atoms with van der Waals surface area (Å²) in [6.45, 7) is 17.4. The Bertz CT molecular complexity index is 4640. The highest BCUT2D eigenvalue weighted by atomic mass is 32.1. The van der Waals surface area contributed by atoms with E-state index in [0.29, 0.717) is 72.0 Å². The third-order valence-corrected chi connectivity index (χ3v) is 23.0. The van der Waals surface area contributed by atoms with Gasteiger partial charge in [0.15, 0.2) is 18.4 Å². The summed E-state index contributed by atoms with van der Waals surface area (Å²) >= 11 is 1.58. The van der Waals surface area contributed by atoms with Crippen molar-refractivity contribution in [2.45, 2.75) is 128 Å². The maximum atomic E-state index is 14.6. The number of aromatic nitrogens is 4. The number of piperazine rings is 1. The maximum Gasteiger partial charge on any atom is 0.415 e. The first kappa shape index (κ1) is 81.0. The highest BCUT2D eigenvalue weighted by Crippen LogP contribution is 2.45. The second kappa shape index (κ2) is 37.3. The summed E-state index contributed by atoms with van der Waals surface area (Å²) in [6.07, 6.45) is 0.175. The fraction of sp³-hybridized carbons (Fsp3) is 0.440. The summed E-state index contributed by atoms with van der Waals surface area (Å²) < 4.78 is 35.0. The number of urea groups is 1. The number of anilines is 3. The van der Waals surface area contributed by atoms with Gasteiger partial charge in [-0.2, -0.15) is 0 Å². The number of primary amides is 1. The molecule has 8 aromatic rings. The Morgan fingerprint density at radius 1 is 0.746 bits per heavy atom. The molecule has 3 fully saturated rings. The predicted octanol–water partition coefficient (Wildman–Crippen LogP) is 10.00. The van der Waals surface area contributed by atoms with E-state index in [4.69, 9.17) is 39.0 Å². The van der Waals surface area contributed by atoms with Gasteiger partial charge in [-0.25, -0.2) is 19.4 Å². The Morgan fingerprint density at radius 2 is 1.46 bits per heavy atom. The lowest BCUT2D eigenvalue weighted by Gasteiger charge is -2.48. The fourth-order valence-corrected chi connectivity index (χ4v) is 16.8. The molecule has 30 heteroatoms. The summed E-state index contributed by atoms with van der Waals surface area (Å²) in [5, 5.41) is 38.5. The van der Waals surface area contributed by atoms with Crippen molar-refractivity contribution in [1.29, 1.82) is 0 Å². The Kier molecular flexibility index (Phi) is 26.5. The number of nitrogens with zero attached hydrogens (tertiary/aromatic N) is 9. The minimum atomic E-state index is -1.10. The van der Waals surface area contributed by atoms with Crippen LogP contribution in [0.25, 0.3) is 32.8 Å². The van der Waals surface area contributed by atoms with Crippen LogP contribution in [0.5, 0.6) is 11.6 Å². The number of hydrogen-bond acceptors (Lipinski definition) is 22. The van der Waals surface area contributed by atoms with Crippen LogP contribution in [0.4, 0.5) is 31.6 Å². The Balaban J connectivity index is 0.595. The summed E-state index contributed by atoms with van der Waals surface area (Å²) in [5.41, 5.74) is 17.3. The number of aliphatic hydroxyl groups is 1. The molecule has 0 bridgehead atoms. The number of carbonyl (C=O) groups excluding carboxylic acids is 7. The zero-order chi connectivity index (χ0) is 80.1. The molecular weight excluding hydrogens is 1480 g/mol. The first-order valence-corrected chi connectivity index (χ1v) is 40.0. The molecule has 3 aromatic heterocycles. The Morgan fingerprint density at radius 3 is 2.16 bits per heavy atom. The van der Waals surface area contributed by atoms with Gasteiger partial charge >= 0.3 is 18.2 Å². The van der Waals surface area contributed by atoms with Crippen LogP contribution in [-0.2, 0) is 40.0 Å². The zero-order valence-corrected chi connectivity index (χ0v) is 66.1. The Hall–Kier alpha value is -11.1. The first-order chi connectivity index (χ1) is 55.1. The second-order valence-electron chi connectivity index (χ2n) is 30.6. The topological polar surface area (TPSA) is 353 Å². The van der Waals surface area contributed by atoms with Crippen LogP contribution in [0.2, 0.25) is 0 Å². The molecule has 0 saturated carbocycles. The van der Waals surface area contributed by atoms with Gasteiger partial charge in [-0.05, 0) is 145 Å². The molecule has 114 heavy (non-hydrogen) atoms. The lowest BCUT2D eigenvalue weighted by molar-refractivity contribution is -0.141. The largest absolute Gasteiger partial charge is 0.474 e. The number of benzene rings is 5. The third-order valence-electron chi connectivity index (χ3n) is 22.0. The number of thiazole rings is 1.